The van der Waals surface area contributed by atoms with Crippen LogP contribution in [0, 0.1) is 5.92 Å². The molecule has 4 heteroatoms. The molecule has 20 heavy (non-hydrogen) atoms. The molecule has 1 aromatic rings. The van der Waals surface area contributed by atoms with E-state index in [9.17, 15) is 9.90 Å². The molecule has 108 valence electrons. The molecule has 2 rings (SSSR count). The van der Waals surface area contributed by atoms with Gasteiger partial charge in [-0.3, -0.25) is 4.79 Å². The van der Waals surface area contributed by atoms with Crippen LogP contribution in [0.1, 0.15) is 31.7 Å². The second kappa shape index (κ2) is 5.99. The number of rotatable bonds is 3. The second-order valence-corrected chi connectivity index (χ2v) is 5.21. The average Bonchev–Trinajstić information content (AvgIpc) is 2.43. The lowest BCUT2D eigenvalue weighted by atomic mass is 9.85. The maximum Gasteiger partial charge on any atom is 0.200 e. The van der Waals surface area contributed by atoms with E-state index in [1.807, 2.05) is 6.08 Å². The van der Waals surface area contributed by atoms with Crippen LogP contribution >= 0.6 is 0 Å². The minimum absolute atomic E-state index is 0.0271. The molecule has 0 radical (unpaired) electrons. The largest absolute Gasteiger partial charge is 0.502 e. The van der Waals surface area contributed by atoms with E-state index in [-0.39, 0.29) is 11.5 Å². The molecular weight excluding hydrogens is 256 g/mol. The first-order chi connectivity index (χ1) is 9.55. The van der Waals surface area contributed by atoms with Gasteiger partial charge in [-0.25, -0.2) is 0 Å². The third-order valence-electron chi connectivity index (χ3n) is 3.64. The molecule has 1 aliphatic rings. The lowest BCUT2D eigenvalue weighted by Gasteiger charge is -2.19. The van der Waals surface area contributed by atoms with Crippen LogP contribution in [-0.2, 0) is 4.79 Å². The van der Waals surface area contributed by atoms with Crippen molar-refractivity contribution >= 4 is 11.9 Å². The molecule has 0 spiro atoms. The quantitative estimate of drug-likeness (QED) is 0.861. The maximum atomic E-state index is 12.0. The van der Waals surface area contributed by atoms with Gasteiger partial charge in [-0.2, -0.15) is 0 Å². The van der Waals surface area contributed by atoms with Gasteiger partial charge in [0.05, 0.1) is 14.2 Å². The Hall–Kier alpha value is -1.97. The van der Waals surface area contributed by atoms with E-state index in [0.29, 0.717) is 23.8 Å². The van der Waals surface area contributed by atoms with Crippen LogP contribution in [0.4, 0.5) is 0 Å². The van der Waals surface area contributed by atoms with Gasteiger partial charge in [0, 0.05) is 6.42 Å². The Balaban J connectivity index is 2.36. The lowest BCUT2D eigenvalue weighted by Crippen LogP contribution is -2.15. The van der Waals surface area contributed by atoms with Gasteiger partial charge in [0.1, 0.15) is 0 Å². The predicted octanol–water partition coefficient (Wildman–Crippen LogP) is 3.18. The average molecular weight is 276 g/mol. The molecule has 1 fully saturated rings. The second-order valence-electron chi connectivity index (χ2n) is 5.21. The lowest BCUT2D eigenvalue weighted by molar-refractivity contribution is -0.117. The summed E-state index contributed by atoms with van der Waals surface area (Å²) in [5, 5.41) is 9.87. The van der Waals surface area contributed by atoms with Crippen LogP contribution in [0.2, 0.25) is 0 Å². The van der Waals surface area contributed by atoms with Gasteiger partial charge < -0.3 is 14.6 Å². The Labute approximate surface area is 119 Å². The fourth-order valence-electron chi connectivity index (χ4n) is 2.44. The number of hydrogen-bond acceptors (Lipinski definition) is 4. The van der Waals surface area contributed by atoms with Crippen molar-refractivity contribution in [2.45, 2.75) is 26.2 Å². The molecule has 1 aromatic carbocycles. The maximum absolute atomic E-state index is 12.0. The van der Waals surface area contributed by atoms with Crippen molar-refractivity contribution in [3.63, 3.8) is 0 Å². The first kappa shape index (κ1) is 14.4. The fourth-order valence-corrected chi connectivity index (χ4v) is 2.44. The Bertz CT molecular complexity index is 520. The van der Waals surface area contributed by atoms with Gasteiger partial charge >= 0.3 is 0 Å². The summed E-state index contributed by atoms with van der Waals surface area (Å²) in [6.45, 7) is 2.10. The zero-order chi connectivity index (χ0) is 14.7. The number of allylic oxidation sites excluding steroid dienone is 1. The third-order valence-corrected chi connectivity index (χ3v) is 3.64. The van der Waals surface area contributed by atoms with Crippen LogP contribution in [0.5, 0.6) is 17.2 Å². The summed E-state index contributed by atoms with van der Waals surface area (Å²) in [5.41, 5.74) is 1.63. The van der Waals surface area contributed by atoms with Crippen LogP contribution in [-0.4, -0.2) is 25.1 Å². The van der Waals surface area contributed by atoms with Crippen molar-refractivity contribution in [2.24, 2.45) is 5.92 Å². The van der Waals surface area contributed by atoms with E-state index in [2.05, 4.69) is 6.92 Å². The molecule has 0 unspecified atom stereocenters. The number of hydrogen-bond donors (Lipinski definition) is 1. The number of methoxy groups -OCH3 is 2. The van der Waals surface area contributed by atoms with Crippen LogP contribution < -0.4 is 9.47 Å². The highest BCUT2D eigenvalue weighted by Gasteiger charge is 2.20. The number of carbonyl (C=O) groups excluding carboxylic acids is 1. The number of ketones is 1. The van der Waals surface area contributed by atoms with Crippen molar-refractivity contribution in [1.29, 1.82) is 0 Å². The highest BCUT2D eigenvalue weighted by Crippen LogP contribution is 2.38. The molecule has 1 N–H and O–H groups in total. The van der Waals surface area contributed by atoms with Crippen molar-refractivity contribution < 1.29 is 19.4 Å². The van der Waals surface area contributed by atoms with Gasteiger partial charge in [0.2, 0.25) is 5.75 Å². The minimum atomic E-state index is -0.0271. The Morgan fingerprint density at radius 1 is 1.25 bits per heavy atom. The Morgan fingerprint density at radius 2 is 1.85 bits per heavy atom. The molecule has 0 amide bonds. The van der Waals surface area contributed by atoms with Crippen molar-refractivity contribution in [3.8, 4) is 17.2 Å². The summed E-state index contributed by atoms with van der Waals surface area (Å²) in [4.78, 5) is 12.0. The van der Waals surface area contributed by atoms with Gasteiger partial charge in [-0.05, 0) is 48.1 Å². The fraction of sp³-hybridized carbons (Fsp3) is 0.438. The molecule has 1 atom stereocenters. The summed E-state index contributed by atoms with van der Waals surface area (Å²) >= 11 is 0. The summed E-state index contributed by atoms with van der Waals surface area (Å²) in [5.74, 6) is 1.32. The Morgan fingerprint density at radius 3 is 2.35 bits per heavy atom. The first-order valence-corrected chi connectivity index (χ1v) is 6.74. The van der Waals surface area contributed by atoms with Gasteiger partial charge in [0.15, 0.2) is 17.3 Å². The predicted molar refractivity (Wildman–Crippen MR) is 77.2 cm³/mol. The molecule has 4 nitrogen and oxygen atoms in total. The molecule has 0 saturated heterocycles. The molecule has 0 aromatic heterocycles. The topological polar surface area (TPSA) is 55.8 Å². The number of ether oxygens (including phenoxy) is 2. The van der Waals surface area contributed by atoms with Crippen molar-refractivity contribution in [3.05, 3.63) is 23.3 Å². The highest BCUT2D eigenvalue weighted by molar-refractivity contribution is 6.00. The Kier molecular flexibility index (Phi) is 4.32. The number of carbonyl (C=O) groups is 1. The van der Waals surface area contributed by atoms with Gasteiger partial charge in [-0.1, -0.05) is 6.92 Å². The molecular formula is C16H20O4. The standard InChI is InChI=1S/C16H20O4/c1-10-4-5-12(13(17)6-10)7-11-8-14(19-2)16(18)15(9-11)20-3/h7-10,18H,4-6H2,1-3H3/b12-7-/t10-/m0/s1. The highest BCUT2D eigenvalue weighted by atomic mass is 16.5. The van der Waals surface area contributed by atoms with E-state index >= 15 is 0 Å². The van der Waals surface area contributed by atoms with Crippen molar-refractivity contribution in [2.75, 3.05) is 14.2 Å². The van der Waals surface area contributed by atoms with E-state index in [0.717, 1.165) is 24.0 Å². The van der Waals surface area contributed by atoms with Gasteiger partial charge in [-0.15, -0.1) is 0 Å². The number of phenolic OH excluding ortho intramolecular Hbond substituents is 1. The molecule has 0 heterocycles. The van der Waals surface area contributed by atoms with Crippen LogP contribution in [0.3, 0.4) is 0 Å². The number of aromatic hydroxyl groups is 1. The summed E-state index contributed by atoms with van der Waals surface area (Å²) in [6, 6.07) is 3.41. The SMILES string of the molecule is COc1cc(/C=C2/CC[C@H](C)CC2=O)cc(OC)c1O. The molecule has 1 aliphatic carbocycles. The normalized spacial score (nSPS) is 21.1. The smallest absolute Gasteiger partial charge is 0.200 e. The third kappa shape index (κ3) is 2.95. The number of Topliss-reactive ketones (excluding diaryl/α,β-unsaturated/α-hetero) is 1. The van der Waals surface area contributed by atoms with Crippen LogP contribution in [0.15, 0.2) is 17.7 Å². The van der Waals surface area contributed by atoms with E-state index in [1.165, 1.54) is 14.2 Å². The number of benzene rings is 1. The first-order valence-electron chi connectivity index (χ1n) is 6.74. The summed E-state index contributed by atoms with van der Waals surface area (Å²) in [7, 11) is 2.97. The minimum Gasteiger partial charge on any atom is -0.502 e. The summed E-state index contributed by atoms with van der Waals surface area (Å²) < 4.78 is 10.2. The molecule has 1 saturated carbocycles. The zero-order valence-electron chi connectivity index (χ0n) is 12.1. The molecule has 0 bridgehead atoms. The zero-order valence-corrected chi connectivity index (χ0v) is 12.1. The number of phenols is 1. The van der Waals surface area contributed by atoms with Gasteiger partial charge in [0.25, 0.3) is 0 Å². The van der Waals surface area contributed by atoms with E-state index in [4.69, 9.17) is 9.47 Å². The van der Waals surface area contributed by atoms with Crippen molar-refractivity contribution in [1.82, 2.24) is 0 Å². The molecule has 0 aliphatic heterocycles. The van der Waals surface area contributed by atoms with E-state index in [1.54, 1.807) is 12.1 Å². The monoisotopic (exact) mass is 276 g/mol. The van der Waals surface area contributed by atoms with Crippen LogP contribution in [0.25, 0.3) is 6.08 Å². The van der Waals surface area contributed by atoms with E-state index < -0.39 is 0 Å². The summed E-state index contributed by atoms with van der Waals surface area (Å²) in [6.07, 6.45) is 4.30.